The molecule has 0 atom stereocenters. The molecule has 1 amide bonds. The molecule has 2 heterocycles. The zero-order valence-corrected chi connectivity index (χ0v) is 17.3. The van der Waals surface area contributed by atoms with E-state index in [0.717, 1.165) is 38.9 Å². The number of benzene rings is 2. The molecule has 2 aromatic carbocycles. The summed E-state index contributed by atoms with van der Waals surface area (Å²) < 4.78 is 16.1. The topological polar surface area (TPSA) is 69.7 Å². The Morgan fingerprint density at radius 2 is 1.83 bits per heavy atom. The van der Waals surface area contributed by atoms with Crippen molar-refractivity contribution in [2.24, 2.45) is 0 Å². The highest BCUT2D eigenvalue weighted by atomic mass is 32.1. The summed E-state index contributed by atoms with van der Waals surface area (Å²) in [6.45, 7) is 6.19. The van der Waals surface area contributed by atoms with Crippen molar-refractivity contribution in [3.05, 3.63) is 53.4 Å². The van der Waals surface area contributed by atoms with Crippen LogP contribution < -0.4 is 14.8 Å². The van der Waals surface area contributed by atoms with Gasteiger partial charge < -0.3 is 19.5 Å². The lowest BCUT2D eigenvalue weighted by Gasteiger charge is -2.19. The molecule has 1 aromatic heterocycles. The van der Waals surface area contributed by atoms with Gasteiger partial charge in [0.15, 0.2) is 11.5 Å². The quantitative estimate of drug-likeness (QED) is 0.638. The molecule has 0 unspecified atom stereocenters. The van der Waals surface area contributed by atoms with Crippen molar-refractivity contribution in [3.8, 4) is 33.3 Å². The molecular weight excluding hydrogens is 388 g/mol. The molecule has 0 radical (unpaired) electrons. The molecule has 0 saturated carbocycles. The first-order valence-corrected chi connectivity index (χ1v) is 10.2. The summed E-state index contributed by atoms with van der Waals surface area (Å²) in [7, 11) is 0. The number of carbonyl (C=O) groups is 1. The van der Waals surface area contributed by atoms with E-state index in [1.165, 1.54) is 0 Å². The van der Waals surface area contributed by atoms with Crippen LogP contribution in [0.25, 0.3) is 21.8 Å². The molecule has 6 nitrogen and oxygen atoms in total. The van der Waals surface area contributed by atoms with Crippen LogP contribution >= 0.6 is 11.3 Å². The summed E-state index contributed by atoms with van der Waals surface area (Å²) in [5, 5.41) is 5.73. The normalized spacial score (nSPS) is 12.7. The first kappa shape index (κ1) is 19.3. The summed E-state index contributed by atoms with van der Waals surface area (Å²) in [6.07, 6.45) is -0.421. The van der Waals surface area contributed by atoms with Gasteiger partial charge in [-0.3, -0.25) is 0 Å². The van der Waals surface area contributed by atoms with E-state index in [1.807, 2.05) is 68.6 Å². The third-order valence-corrected chi connectivity index (χ3v) is 5.10. The highest BCUT2D eigenvalue weighted by Gasteiger charge is 2.16. The van der Waals surface area contributed by atoms with Gasteiger partial charge in [-0.25, -0.2) is 9.78 Å². The van der Waals surface area contributed by atoms with Crippen molar-refractivity contribution < 1.29 is 19.0 Å². The zero-order valence-electron chi connectivity index (χ0n) is 16.5. The number of hydrogen-bond donors (Lipinski definition) is 1. The van der Waals surface area contributed by atoms with E-state index in [0.29, 0.717) is 6.54 Å². The van der Waals surface area contributed by atoms with E-state index in [1.54, 1.807) is 11.3 Å². The van der Waals surface area contributed by atoms with Gasteiger partial charge in [0.2, 0.25) is 6.79 Å². The average molecular weight is 410 g/mol. The molecular formula is C22H22N2O4S. The minimum absolute atomic E-state index is 0.260. The van der Waals surface area contributed by atoms with Crippen molar-refractivity contribution in [3.63, 3.8) is 0 Å². The van der Waals surface area contributed by atoms with Gasteiger partial charge >= 0.3 is 6.09 Å². The van der Waals surface area contributed by atoms with Gasteiger partial charge in [0.1, 0.15) is 10.6 Å². The molecule has 3 aromatic rings. The third kappa shape index (κ3) is 4.68. The van der Waals surface area contributed by atoms with Crippen molar-refractivity contribution in [2.45, 2.75) is 32.9 Å². The second-order valence-corrected chi connectivity index (χ2v) is 8.52. The lowest BCUT2D eigenvalue weighted by Crippen LogP contribution is -2.32. The predicted octanol–water partition coefficient (Wildman–Crippen LogP) is 5.23. The Hall–Kier alpha value is -3.06. The van der Waals surface area contributed by atoms with E-state index >= 15 is 0 Å². The number of thiazole rings is 1. The predicted molar refractivity (Wildman–Crippen MR) is 112 cm³/mol. The van der Waals surface area contributed by atoms with Gasteiger partial charge in [-0.2, -0.15) is 0 Å². The Kier molecular flexibility index (Phi) is 5.15. The number of fused-ring (bicyclic) bond motifs is 1. The van der Waals surface area contributed by atoms with Gasteiger partial charge in [0.25, 0.3) is 0 Å². The molecule has 7 heteroatoms. The average Bonchev–Trinajstić information content (AvgIpc) is 3.34. The Balaban J connectivity index is 1.41. The number of hydrogen-bond acceptors (Lipinski definition) is 6. The summed E-state index contributed by atoms with van der Waals surface area (Å²) in [6, 6.07) is 13.8. The Morgan fingerprint density at radius 3 is 2.59 bits per heavy atom. The Labute approximate surface area is 173 Å². The van der Waals surface area contributed by atoms with Crippen LogP contribution in [-0.2, 0) is 11.3 Å². The van der Waals surface area contributed by atoms with Crippen LogP contribution in [0.1, 0.15) is 26.3 Å². The van der Waals surface area contributed by atoms with Gasteiger partial charge in [-0.05, 0) is 44.5 Å². The number of carbonyl (C=O) groups excluding carboxylic acids is 1. The summed E-state index contributed by atoms with van der Waals surface area (Å²) in [5.41, 5.74) is 3.41. The first-order chi connectivity index (χ1) is 13.9. The SMILES string of the molecule is CC(C)(C)OC(=O)NCc1ccc(-c2nc(-c3ccc4c(c3)OCO4)cs2)cc1. The van der Waals surface area contributed by atoms with Gasteiger partial charge in [-0.15, -0.1) is 11.3 Å². The number of aromatic nitrogens is 1. The molecule has 0 aliphatic carbocycles. The molecule has 0 fully saturated rings. The largest absolute Gasteiger partial charge is 0.454 e. The molecule has 29 heavy (non-hydrogen) atoms. The molecule has 1 N–H and O–H groups in total. The Morgan fingerprint density at radius 1 is 1.10 bits per heavy atom. The third-order valence-electron chi connectivity index (χ3n) is 4.21. The fourth-order valence-corrected chi connectivity index (χ4v) is 3.68. The van der Waals surface area contributed by atoms with Crippen LogP contribution in [0.15, 0.2) is 47.8 Å². The lowest BCUT2D eigenvalue weighted by atomic mass is 10.1. The molecule has 150 valence electrons. The van der Waals surface area contributed by atoms with E-state index in [-0.39, 0.29) is 6.79 Å². The molecule has 4 rings (SSSR count). The monoisotopic (exact) mass is 410 g/mol. The van der Waals surface area contributed by atoms with E-state index in [9.17, 15) is 4.79 Å². The zero-order chi connectivity index (χ0) is 20.4. The lowest BCUT2D eigenvalue weighted by molar-refractivity contribution is 0.0523. The first-order valence-electron chi connectivity index (χ1n) is 9.29. The van der Waals surface area contributed by atoms with E-state index in [2.05, 4.69) is 5.32 Å². The van der Waals surface area contributed by atoms with Crippen LogP contribution in [0.4, 0.5) is 4.79 Å². The minimum Gasteiger partial charge on any atom is -0.454 e. The number of nitrogens with one attached hydrogen (secondary N) is 1. The highest BCUT2D eigenvalue weighted by Crippen LogP contribution is 2.37. The van der Waals surface area contributed by atoms with Crippen molar-refractivity contribution in [1.29, 1.82) is 0 Å². The number of ether oxygens (including phenoxy) is 3. The molecule has 1 aliphatic rings. The second-order valence-electron chi connectivity index (χ2n) is 7.66. The van der Waals surface area contributed by atoms with Crippen molar-refractivity contribution >= 4 is 17.4 Å². The maximum atomic E-state index is 11.8. The molecule has 0 spiro atoms. The van der Waals surface area contributed by atoms with Crippen molar-refractivity contribution in [2.75, 3.05) is 6.79 Å². The molecule has 1 aliphatic heterocycles. The van der Waals surface area contributed by atoms with E-state index in [4.69, 9.17) is 19.2 Å². The number of amides is 1. The maximum absolute atomic E-state index is 11.8. The van der Waals surface area contributed by atoms with Crippen LogP contribution in [0.2, 0.25) is 0 Å². The molecule has 0 saturated heterocycles. The standard InChI is InChI=1S/C22H22N2O4S/c1-22(2,3)28-21(25)23-11-14-4-6-15(7-5-14)20-24-17(12-29-20)16-8-9-18-19(10-16)27-13-26-18/h4-10,12H,11,13H2,1-3H3,(H,23,25). The van der Waals surface area contributed by atoms with Crippen LogP contribution in [-0.4, -0.2) is 23.5 Å². The van der Waals surface area contributed by atoms with Crippen LogP contribution in [0.3, 0.4) is 0 Å². The number of nitrogens with zero attached hydrogens (tertiary/aromatic N) is 1. The smallest absolute Gasteiger partial charge is 0.407 e. The minimum atomic E-state index is -0.505. The summed E-state index contributed by atoms with van der Waals surface area (Å²) in [4.78, 5) is 16.5. The summed E-state index contributed by atoms with van der Waals surface area (Å²) >= 11 is 1.59. The van der Waals surface area contributed by atoms with Gasteiger partial charge in [0.05, 0.1) is 5.69 Å². The van der Waals surface area contributed by atoms with Crippen LogP contribution in [0, 0.1) is 0 Å². The molecule has 0 bridgehead atoms. The fourth-order valence-electron chi connectivity index (χ4n) is 2.85. The van der Waals surface area contributed by atoms with Gasteiger partial charge in [0, 0.05) is 23.1 Å². The van der Waals surface area contributed by atoms with Gasteiger partial charge in [-0.1, -0.05) is 24.3 Å². The second kappa shape index (κ2) is 7.75. The highest BCUT2D eigenvalue weighted by molar-refractivity contribution is 7.13. The summed E-state index contributed by atoms with van der Waals surface area (Å²) in [5.74, 6) is 1.51. The van der Waals surface area contributed by atoms with E-state index < -0.39 is 11.7 Å². The Bertz CT molecular complexity index is 1020. The number of rotatable bonds is 4. The van der Waals surface area contributed by atoms with Crippen molar-refractivity contribution in [1.82, 2.24) is 10.3 Å². The number of alkyl carbamates (subject to hydrolysis) is 1. The fraction of sp³-hybridized carbons (Fsp3) is 0.273. The maximum Gasteiger partial charge on any atom is 0.407 e. The van der Waals surface area contributed by atoms with Crippen LogP contribution in [0.5, 0.6) is 11.5 Å².